The molecule has 0 atom stereocenters. The van der Waals surface area contributed by atoms with E-state index in [4.69, 9.17) is 11.5 Å². The molecule has 0 radical (unpaired) electrons. The van der Waals surface area contributed by atoms with E-state index >= 15 is 0 Å². The van der Waals surface area contributed by atoms with E-state index in [9.17, 15) is 13.2 Å². The number of hydrogen-bond acceptors (Lipinski definition) is 2. The molecule has 4 N–H and O–H groups in total. The molecule has 0 saturated heterocycles. The van der Waals surface area contributed by atoms with Gasteiger partial charge in [0.2, 0.25) is 0 Å². The molecular formula is C12H9F3N2. The van der Waals surface area contributed by atoms with Crippen LogP contribution in [-0.4, -0.2) is 0 Å². The highest BCUT2D eigenvalue weighted by molar-refractivity contribution is 5.69. The maximum absolute atomic E-state index is 13.6. The molecular weight excluding hydrogens is 229 g/mol. The Morgan fingerprint density at radius 2 is 1.35 bits per heavy atom. The summed E-state index contributed by atoms with van der Waals surface area (Å²) in [5, 5.41) is 0. The maximum atomic E-state index is 13.6. The van der Waals surface area contributed by atoms with Crippen molar-refractivity contribution >= 4 is 11.4 Å². The Balaban J connectivity index is 2.64. The minimum Gasteiger partial charge on any atom is -0.399 e. The lowest BCUT2D eigenvalue weighted by molar-refractivity contribution is 0.601. The number of benzene rings is 2. The molecule has 2 aromatic carbocycles. The van der Waals surface area contributed by atoms with E-state index < -0.39 is 17.5 Å². The first-order valence-electron chi connectivity index (χ1n) is 4.79. The lowest BCUT2D eigenvalue weighted by Gasteiger charge is -2.07. The summed E-state index contributed by atoms with van der Waals surface area (Å²) in [6.07, 6.45) is 0. The largest absolute Gasteiger partial charge is 0.399 e. The minimum atomic E-state index is -0.794. The standard InChI is InChI=1S/C12H9F3N2/c13-9-3-6(16)1-2-7(9)8-4-11(15)12(17)5-10(8)14/h1-5H,16-17H2. The third-order valence-corrected chi connectivity index (χ3v) is 2.37. The molecule has 0 aliphatic heterocycles. The Kier molecular flexibility index (Phi) is 2.67. The Bertz CT molecular complexity index is 582. The molecule has 0 aromatic heterocycles. The summed E-state index contributed by atoms with van der Waals surface area (Å²) in [5.41, 5.74) is 10.2. The van der Waals surface area contributed by atoms with Gasteiger partial charge in [0.15, 0.2) is 0 Å². The third kappa shape index (κ3) is 2.04. The SMILES string of the molecule is Nc1ccc(-c2cc(F)c(N)cc2F)c(F)c1. The average Bonchev–Trinajstić information content (AvgIpc) is 2.24. The maximum Gasteiger partial charge on any atom is 0.146 e. The summed E-state index contributed by atoms with van der Waals surface area (Å²) in [4.78, 5) is 0. The number of nitrogen functional groups attached to an aromatic ring is 2. The monoisotopic (exact) mass is 238 g/mol. The lowest BCUT2D eigenvalue weighted by Crippen LogP contribution is -1.96. The van der Waals surface area contributed by atoms with Crippen molar-refractivity contribution in [3.63, 3.8) is 0 Å². The highest BCUT2D eigenvalue weighted by atomic mass is 19.1. The van der Waals surface area contributed by atoms with E-state index in [1.807, 2.05) is 0 Å². The molecule has 0 aliphatic carbocycles. The van der Waals surface area contributed by atoms with Crippen LogP contribution in [0.15, 0.2) is 30.3 Å². The quantitative estimate of drug-likeness (QED) is 0.750. The predicted molar refractivity (Wildman–Crippen MR) is 60.6 cm³/mol. The fraction of sp³-hybridized carbons (Fsp3) is 0. The normalized spacial score (nSPS) is 10.5. The number of rotatable bonds is 1. The van der Waals surface area contributed by atoms with Crippen molar-refractivity contribution in [2.75, 3.05) is 11.5 Å². The topological polar surface area (TPSA) is 52.0 Å². The minimum absolute atomic E-state index is 0.0596. The molecule has 0 unspecified atom stereocenters. The predicted octanol–water partition coefficient (Wildman–Crippen LogP) is 2.94. The van der Waals surface area contributed by atoms with Crippen LogP contribution in [0.4, 0.5) is 24.5 Å². The van der Waals surface area contributed by atoms with Crippen LogP contribution in [0, 0.1) is 17.5 Å². The summed E-state index contributed by atoms with van der Waals surface area (Å²) in [7, 11) is 0. The fourth-order valence-electron chi connectivity index (χ4n) is 1.52. The number of anilines is 2. The highest BCUT2D eigenvalue weighted by Crippen LogP contribution is 2.29. The van der Waals surface area contributed by atoms with Gasteiger partial charge in [-0.15, -0.1) is 0 Å². The van der Waals surface area contributed by atoms with Crippen molar-refractivity contribution in [3.8, 4) is 11.1 Å². The number of halogens is 3. The molecule has 0 spiro atoms. The van der Waals surface area contributed by atoms with Crippen molar-refractivity contribution in [3.05, 3.63) is 47.8 Å². The van der Waals surface area contributed by atoms with Crippen LogP contribution in [0.1, 0.15) is 0 Å². The molecule has 2 nitrogen and oxygen atoms in total. The highest BCUT2D eigenvalue weighted by Gasteiger charge is 2.13. The number of nitrogens with two attached hydrogens (primary N) is 2. The second kappa shape index (κ2) is 4.01. The smallest absolute Gasteiger partial charge is 0.146 e. The Hall–Kier alpha value is -2.17. The van der Waals surface area contributed by atoms with Crippen LogP contribution in [0.5, 0.6) is 0 Å². The van der Waals surface area contributed by atoms with Crippen LogP contribution in [0.2, 0.25) is 0 Å². The zero-order valence-electron chi connectivity index (χ0n) is 8.68. The summed E-state index contributed by atoms with van der Waals surface area (Å²) in [6.45, 7) is 0. The van der Waals surface area contributed by atoms with Gasteiger partial charge in [-0.05, 0) is 24.3 Å². The molecule has 0 saturated carbocycles. The zero-order valence-corrected chi connectivity index (χ0v) is 8.68. The molecule has 17 heavy (non-hydrogen) atoms. The molecule has 0 heterocycles. The van der Waals surface area contributed by atoms with E-state index in [1.54, 1.807) is 0 Å². The molecule has 0 amide bonds. The van der Waals surface area contributed by atoms with Crippen LogP contribution < -0.4 is 11.5 Å². The van der Waals surface area contributed by atoms with Gasteiger partial charge in [-0.1, -0.05) is 0 Å². The van der Waals surface area contributed by atoms with E-state index in [-0.39, 0.29) is 22.5 Å². The second-order valence-corrected chi connectivity index (χ2v) is 3.59. The van der Waals surface area contributed by atoms with Crippen LogP contribution in [-0.2, 0) is 0 Å². The van der Waals surface area contributed by atoms with Crippen LogP contribution in [0.3, 0.4) is 0 Å². The first-order valence-corrected chi connectivity index (χ1v) is 4.79. The lowest BCUT2D eigenvalue weighted by atomic mass is 10.0. The summed E-state index contributed by atoms with van der Waals surface area (Å²) < 4.78 is 40.3. The van der Waals surface area contributed by atoms with Crippen molar-refractivity contribution < 1.29 is 13.2 Å². The van der Waals surface area contributed by atoms with Gasteiger partial charge in [0.1, 0.15) is 17.5 Å². The van der Waals surface area contributed by atoms with E-state index in [2.05, 4.69) is 0 Å². The van der Waals surface area contributed by atoms with Gasteiger partial charge >= 0.3 is 0 Å². The first kappa shape index (κ1) is 11.3. The Labute approximate surface area is 95.7 Å². The average molecular weight is 238 g/mol. The number of hydrogen-bond donors (Lipinski definition) is 2. The van der Waals surface area contributed by atoms with Gasteiger partial charge < -0.3 is 11.5 Å². The van der Waals surface area contributed by atoms with Gasteiger partial charge in [0, 0.05) is 22.9 Å². The summed E-state index contributed by atoms with van der Waals surface area (Å²) in [5.74, 6) is -2.29. The van der Waals surface area contributed by atoms with Gasteiger partial charge in [-0.2, -0.15) is 0 Å². The fourth-order valence-corrected chi connectivity index (χ4v) is 1.52. The van der Waals surface area contributed by atoms with Crippen molar-refractivity contribution in [1.82, 2.24) is 0 Å². The van der Waals surface area contributed by atoms with Crippen LogP contribution in [0.25, 0.3) is 11.1 Å². The molecule has 88 valence electrons. The molecule has 2 aromatic rings. The van der Waals surface area contributed by atoms with Crippen molar-refractivity contribution in [2.45, 2.75) is 0 Å². The summed E-state index contributed by atoms with van der Waals surface area (Å²) >= 11 is 0. The van der Waals surface area contributed by atoms with Gasteiger partial charge in [-0.3, -0.25) is 0 Å². The van der Waals surface area contributed by atoms with Crippen molar-refractivity contribution in [1.29, 1.82) is 0 Å². The van der Waals surface area contributed by atoms with Gasteiger partial charge in [-0.25, -0.2) is 13.2 Å². The van der Waals surface area contributed by atoms with E-state index in [1.165, 1.54) is 12.1 Å². The molecule has 2 rings (SSSR count). The van der Waals surface area contributed by atoms with Crippen LogP contribution >= 0.6 is 0 Å². The Morgan fingerprint density at radius 1 is 0.706 bits per heavy atom. The molecule has 5 heteroatoms. The third-order valence-electron chi connectivity index (χ3n) is 2.37. The van der Waals surface area contributed by atoms with Gasteiger partial charge in [0.05, 0.1) is 5.69 Å². The zero-order chi connectivity index (χ0) is 12.6. The van der Waals surface area contributed by atoms with Crippen molar-refractivity contribution in [2.24, 2.45) is 0 Å². The molecule has 0 bridgehead atoms. The summed E-state index contributed by atoms with van der Waals surface area (Å²) in [6, 6.07) is 5.42. The van der Waals surface area contributed by atoms with Gasteiger partial charge in [0.25, 0.3) is 0 Å². The second-order valence-electron chi connectivity index (χ2n) is 3.59. The van der Waals surface area contributed by atoms with E-state index in [0.29, 0.717) is 0 Å². The van der Waals surface area contributed by atoms with E-state index in [0.717, 1.165) is 18.2 Å². The Morgan fingerprint density at radius 3 is 2.00 bits per heavy atom. The first-order chi connectivity index (χ1) is 7.99. The molecule has 0 aliphatic rings. The molecule has 0 fully saturated rings.